The molecule has 1 fully saturated rings. The Morgan fingerprint density at radius 3 is 2.33 bits per heavy atom. The number of hydrogen-bond acceptors (Lipinski definition) is 3. The number of carbonyl (C=O) groups is 1. The molecule has 27 heavy (non-hydrogen) atoms. The van der Waals surface area contributed by atoms with Crippen LogP contribution in [0.4, 0.5) is 0 Å². The summed E-state index contributed by atoms with van der Waals surface area (Å²) in [5.74, 6) is -0.463. The van der Waals surface area contributed by atoms with Gasteiger partial charge in [0.2, 0.25) is 0 Å². The highest BCUT2D eigenvalue weighted by Gasteiger charge is 2.41. The molecule has 4 nitrogen and oxygen atoms in total. The standard InChI is InChI=1S/C23H22O4/c1-14-10-11-17(22(25)26)20-18(14)19(24)15(2)21(27-20)23(12-6-7-13-23)16-8-4-3-5-9-16/h3-5,8-11H,6-7,12-13H2,1-2H3,(H,25,26). The van der Waals surface area contributed by atoms with Crippen molar-refractivity contribution >= 4 is 16.9 Å². The zero-order chi connectivity index (χ0) is 19.2. The van der Waals surface area contributed by atoms with Gasteiger partial charge in [-0.15, -0.1) is 0 Å². The first-order valence-corrected chi connectivity index (χ1v) is 9.32. The average molecular weight is 362 g/mol. The van der Waals surface area contributed by atoms with Gasteiger partial charge in [0.05, 0.1) is 10.8 Å². The molecule has 0 saturated heterocycles. The smallest absolute Gasteiger partial charge is 0.339 e. The molecule has 1 aromatic heterocycles. The van der Waals surface area contributed by atoms with Crippen LogP contribution in [0, 0.1) is 13.8 Å². The third-order valence-electron chi connectivity index (χ3n) is 5.93. The molecule has 0 radical (unpaired) electrons. The van der Waals surface area contributed by atoms with E-state index in [1.165, 1.54) is 6.07 Å². The van der Waals surface area contributed by atoms with Crippen molar-refractivity contribution in [2.45, 2.75) is 44.9 Å². The Balaban J connectivity index is 2.10. The normalized spacial score (nSPS) is 15.9. The summed E-state index contributed by atoms with van der Waals surface area (Å²) in [4.78, 5) is 25.0. The van der Waals surface area contributed by atoms with Crippen LogP contribution in [0.5, 0.6) is 0 Å². The van der Waals surface area contributed by atoms with Crippen molar-refractivity contribution in [2.24, 2.45) is 0 Å². The molecule has 1 saturated carbocycles. The van der Waals surface area contributed by atoms with Gasteiger partial charge in [-0.25, -0.2) is 4.79 Å². The van der Waals surface area contributed by atoms with Gasteiger partial charge >= 0.3 is 5.97 Å². The van der Waals surface area contributed by atoms with Gasteiger partial charge in [-0.05, 0) is 43.9 Å². The number of aryl methyl sites for hydroxylation is 1. The number of carboxylic acid groups (broad SMARTS) is 1. The summed E-state index contributed by atoms with van der Waals surface area (Å²) < 4.78 is 6.31. The molecular weight excluding hydrogens is 340 g/mol. The lowest BCUT2D eigenvalue weighted by molar-refractivity contribution is 0.0697. The maximum Gasteiger partial charge on any atom is 0.339 e. The lowest BCUT2D eigenvalue weighted by atomic mass is 9.75. The first-order valence-electron chi connectivity index (χ1n) is 9.32. The highest BCUT2D eigenvalue weighted by atomic mass is 16.4. The molecule has 0 bridgehead atoms. The number of hydrogen-bond donors (Lipinski definition) is 1. The molecule has 0 atom stereocenters. The molecule has 138 valence electrons. The van der Waals surface area contributed by atoms with Gasteiger partial charge in [0, 0.05) is 5.56 Å². The van der Waals surface area contributed by atoms with Crippen LogP contribution in [-0.4, -0.2) is 11.1 Å². The lowest BCUT2D eigenvalue weighted by Crippen LogP contribution is -2.28. The lowest BCUT2D eigenvalue weighted by Gasteiger charge is -2.30. The summed E-state index contributed by atoms with van der Waals surface area (Å²) in [6.45, 7) is 3.61. The molecule has 4 heteroatoms. The molecule has 1 aliphatic carbocycles. The first-order chi connectivity index (χ1) is 13.0. The summed E-state index contributed by atoms with van der Waals surface area (Å²) in [6, 6.07) is 13.3. The Hall–Kier alpha value is -2.88. The molecule has 3 aromatic rings. The Kier molecular flexibility index (Phi) is 4.14. The van der Waals surface area contributed by atoms with Gasteiger partial charge < -0.3 is 9.52 Å². The monoisotopic (exact) mass is 362 g/mol. The van der Waals surface area contributed by atoms with Crippen LogP contribution >= 0.6 is 0 Å². The fourth-order valence-corrected chi connectivity index (χ4v) is 4.55. The molecule has 0 unspecified atom stereocenters. The molecule has 4 rings (SSSR count). The second-order valence-corrected chi connectivity index (χ2v) is 7.48. The van der Waals surface area contributed by atoms with E-state index in [0.717, 1.165) is 36.8 Å². The van der Waals surface area contributed by atoms with Gasteiger partial charge in [-0.2, -0.15) is 0 Å². The van der Waals surface area contributed by atoms with E-state index < -0.39 is 5.97 Å². The predicted molar refractivity (Wildman–Crippen MR) is 105 cm³/mol. The van der Waals surface area contributed by atoms with Crippen LogP contribution in [0.15, 0.2) is 51.7 Å². The SMILES string of the molecule is Cc1c(C2(c3ccccc3)CCCC2)oc2c(C(=O)O)ccc(C)c2c1=O. The van der Waals surface area contributed by atoms with Crippen LogP contribution in [0.2, 0.25) is 0 Å². The minimum atomic E-state index is -1.09. The second kappa shape index (κ2) is 6.38. The van der Waals surface area contributed by atoms with Crippen LogP contribution in [-0.2, 0) is 5.41 Å². The number of rotatable bonds is 3. The molecule has 0 aliphatic heterocycles. The minimum absolute atomic E-state index is 0.0372. The number of fused-ring (bicyclic) bond motifs is 1. The second-order valence-electron chi connectivity index (χ2n) is 7.48. The average Bonchev–Trinajstić information content (AvgIpc) is 3.16. The predicted octanol–water partition coefficient (Wildman–Crippen LogP) is 4.97. The van der Waals surface area contributed by atoms with E-state index in [9.17, 15) is 14.7 Å². The molecule has 1 heterocycles. The quantitative estimate of drug-likeness (QED) is 0.714. The van der Waals surface area contributed by atoms with Gasteiger partial charge in [-0.1, -0.05) is 49.2 Å². The van der Waals surface area contributed by atoms with E-state index >= 15 is 0 Å². The van der Waals surface area contributed by atoms with E-state index in [1.807, 2.05) is 25.1 Å². The third kappa shape index (κ3) is 2.59. The van der Waals surface area contributed by atoms with Gasteiger partial charge in [0.25, 0.3) is 0 Å². The van der Waals surface area contributed by atoms with E-state index in [0.29, 0.717) is 16.7 Å². The number of carboxylic acids is 1. The Bertz CT molecular complexity index is 1090. The number of benzene rings is 2. The minimum Gasteiger partial charge on any atom is -0.478 e. The largest absolute Gasteiger partial charge is 0.478 e. The maximum absolute atomic E-state index is 13.2. The highest BCUT2D eigenvalue weighted by molar-refractivity contribution is 6.01. The van der Waals surface area contributed by atoms with Crippen LogP contribution in [0.3, 0.4) is 0 Å². The van der Waals surface area contributed by atoms with Crippen LogP contribution in [0.1, 0.15) is 58.5 Å². The molecule has 2 aromatic carbocycles. The molecule has 1 N–H and O–H groups in total. The summed E-state index contributed by atoms with van der Waals surface area (Å²) >= 11 is 0. The van der Waals surface area contributed by atoms with Crippen molar-refractivity contribution < 1.29 is 14.3 Å². The first kappa shape index (κ1) is 17.5. The molecule has 0 amide bonds. The fourth-order valence-electron chi connectivity index (χ4n) is 4.55. The van der Waals surface area contributed by atoms with E-state index in [-0.39, 0.29) is 22.0 Å². The number of aromatic carboxylic acids is 1. The van der Waals surface area contributed by atoms with Gasteiger partial charge in [0.1, 0.15) is 11.3 Å². The molecule has 1 aliphatic rings. The molecular formula is C23H22O4. The van der Waals surface area contributed by atoms with Crippen molar-refractivity contribution in [3.05, 3.63) is 80.7 Å². The summed E-state index contributed by atoms with van der Waals surface area (Å²) in [6.07, 6.45) is 3.88. The zero-order valence-electron chi connectivity index (χ0n) is 15.5. The van der Waals surface area contributed by atoms with Crippen molar-refractivity contribution in [1.29, 1.82) is 0 Å². The van der Waals surface area contributed by atoms with Crippen molar-refractivity contribution in [3.63, 3.8) is 0 Å². The van der Waals surface area contributed by atoms with Crippen LogP contribution in [0.25, 0.3) is 11.0 Å². The Labute approximate surface area is 157 Å². The van der Waals surface area contributed by atoms with Crippen molar-refractivity contribution in [2.75, 3.05) is 0 Å². The topological polar surface area (TPSA) is 67.5 Å². The third-order valence-corrected chi connectivity index (χ3v) is 5.93. The zero-order valence-corrected chi connectivity index (χ0v) is 15.5. The molecule has 0 spiro atoms. The van der Waals surface area contributed by atoms with E-state index in [4.69, 9.17) is 4.42 Å². The maximum atomic E-state index is 13.2. The highest BCUT2D eigenvalue weighted by Crippen LogP contribution is 2.47. The Morgan fingerprint density at radius 2 is 1.70 bits per heavy atom. The van der Waals surface area contributed by atoms with Gasteiger partial charge in [0.15, 0.2) is 11.0 Å². The van der Waals surface area contributed by atoms with Crippen LogP contribution < -0.4 is 5.43 Å². The summed E-state index contributed by atoms with van der Waals surface area (Å²) in [5, 5.41) is 9.98. The van der Waals surface area contributed by atoms with E-state index in [2.05, 4.69) is 12.1 Å². The van der Waals surface area contributed by atoms with E-state index in [1.54, 1.807) is 13.0 Å². The summed E-state index contributed by atoms with van der Waals surface area (Å²) in [7, 11) is 0. The fraction of sp³-hybridized carbons (Fsp3) is 0.304. The summed E-state index contributed by atoms with van der Waals surface area (Å²) in [5.41, 5.74) is 2.16. The van der Waals surface area contributed by atoms with Crippen molar-refractivity contribution in [1.82, 2.24) is 0 Å². The van der Waals surface area contributed by atoms with Gasteiger partial charge in [-0.3, -0.25) is 4.79 Å². The van der Waals surface area contributed by atoms with Crippen molar-refractivity contribution in [3.8, 4) is 0 Å². The Morgan fingerprint density at radius 1 is 1.04 bits per heavy atom.